The monoisotopic (exact) mass is 726 g/mol. The van der Waals surface area contributed by atoms with Gasteiger partial charge < -0.3 is 4.74 Å². The zero-order chi connectivity index (χ0) is 36.5. The van der Waals surface area contributed by atoms with Gasteiger partial charge >= 0.3 is 53.9 Å². The van der Waals surface area contributed by atoms with Crippen LogP contribution in [0.5, 0.6) is 5.75 Å². The second-order valence-corrected chi connectivity index (χ2v) is 7.73. The lowest BCUT2D eigenvalue weighted by molar-refractivity contribution is -0.451. The van der Waals surface area contributed by atoms with E-state index in [2.05, 4.69) is 4.74 Å². The minimum Gasteiger partial charge on any atom is -0.426 e. The molecule has 1 aromatic carbocycles. The van der Waals surface area contributed by atoms with Gasteiger partial charge in [-0.3, -0.25) is 0 Å². The molecule has 0 heterocycles. The fraction of sp³-hybridized carbons (Fsp3) is 0.444. The Balaban J connectivity index is 4.03. The Morgan fingerprint density at radius 3 is 1.16 bits per heavy atom. The molecule has 0 aliphatic rings. The van der Waals surface area contributed by atoms with E-state index >= 15 is 0 Å². The Morgan fingerprint density at radius 1 is 0.444 bits per heavy atom. The van der Waals surface area contributed by atoms with Crippen molar-refractivity contribution in [2.45, 2.75) is 47.9 Å². The summed E-state index contributed by atoms with van der Waals surface area (Å²) < 4.78 is 346. The van der Waals surface area contributed by atoms with Gasteiger partial charge in [-0.05, 0) is 0 Å². The number of hydrogen-bond donors (Lipinski definition) is 0. The lowest BCUT2D eigenvalue weighted by Gasteiger charge is -2.41. The van der Waals surface area contributed by atoms with Crippen LogP contribution in [-0.4, -0.2) is 47.9 Å². The highest BCUT2D eigenvalue weighted by Crippen LogP contribution is 2.63. The maximum Gasteiger partial charge on any atom is 0.460 e. The minimum atomic E-state index is -9.08. The molecule has 45 heavy (non-hydrogen) atoms. The topological polar surface area (TPSA) is 9.23 Å². The minimum absolute atomic E-state index is 2.61. The number of alkyl halides is 18. The molecule has 0 bridgehead atoms. The molecule has 0 N–H and O–H groups in total. The van der Waals surface area contributed by atoms with E-state index in [0.29, 0.717) is 0 Å². The van der Waals surface area contributed by atoms with E-state index in [1.54, 1.807) is 0 Å². The standard InChI is InChI=1S/C18F26O/c19-3-1(2(9(24)25)12(29,30)31)7(6(22)5(21)4(3)20)45-10(26)8(23)11(27,28)13(32,33)14(34,35)15(36,37)16(38,39)17(40,41)18(42,43)44. The van der Waals surface area contributed by atoms with E-state index in [-0.39, 0.29) is 0 Å². The van der Waals surface area contributed by atoms with E-state index < -0.39 is 106 Å². The number of benzene rings is 1. The third-order valence-electron chi connectivity index (χ3n) is 4.91. The summed E-state index contributed by atoms with van der Waals surface area (Å²) in [4.78, 5) is 0. The molecule has 0 amide bonds. The molecule has 0 aliphatic heterocycles. The Hall–Kier alpha value is -3.32. The molecular formula is C18F26O. The van der Waals surface area contributed by atoms with Crippen molar-refractivity contribution < 1.29 is 119 Å². The Labute approximate surface area is 226 Å². The Morgan fingerprint density at radius 2 is 0.800 bits per heavy atom. The molecule has 0 spiro atoms. The third-order valence-corrected chi connectivity index (χ3v) is 4.91. The van der Waals surface area contributed by atoms with Gasteiger partial charge in [0.15, 0.2) is 17.4 Å². The van der Waals surface area contributed by atoms with Crippen LogP contribution < -0.4 is 4.74 Å². The first kappa shape index (κ1) is 39.7. The van der Waals surface area contributed by atoms with Crippen LogP contribution in [0.15, 0.2) is 17.9 Å². The van der Waals surface area contributed by atoms with Crippen molar-refractivity contribution in [3.8, 4) is 5.75 Å². The number of rotatable bonds is 9. The predicted molar refractivity (Wildman–Crippen MR) is 87.1 cm³/mol. The number of allylic oxidation sites excluding steroid dienone is 2. The summed E-state index contributed by atoms with van der Waals surface area (Å²) in [6.45, 7) is 0. The first-order valence-electron chi connectivity index (χ1n) is 9.57. The quantitative estimate of drug-likeness (QED) is 0.107. The summed E-state index contributed by atoms with van der Waals surface area (Å²) in [5.41, 5.74) is -7.71. The van der Waals surface area contributed by atoms with Gasteiger partial charge in [0.05, 0.1) is 5.56 Å². The van der Waals surface area contributed by atoms with Crippen LogP contribution in [-0.2, 0) is 0 Å². The average molecular weight is 726 g/mol. The van der Waals surface area contributed by atoms with Crippen molar-refractivity contribution in [3.05, 3.63) is 46.8 Å². The fourth-order valence-corrected chi connectivity index (χ4v) is 2.64. The molecule has 0 aliphatic carbocycles. The summed E-state index contributed by atoms with van der Waals surface area (Å²) in [5, 5.41) is 0. The highest BCUT2D eigenvalue weighted by atomic mass is 19.4. The van der Waals surface area contributed by atoms with Gasteiger partial charge in [-0.1, -0.05) is 0 Å². The molecule has 0 aromatic heterocycles. The highest BCUT2D eigenvalue weighted by molar-refractivity contribution is 5.75. The molecule has 0 saturated heterocycles. The van der Waals surface area contributed by atoms with Gasteiger partial charge in [0.2, 0.25) is 17.5 Å². The van der Waals surface area contributed by atoms with Crippen LogP contribution in [0, 0.1) is 23.3 Å². The molecule has 260 valence electrons. The predicted octanol–water partition coefficient (Wildman–Crippen LogP) is 10.3. The second kappa shape index (κ2) is 11.2. The summed E-state index contributed by atoms with van der Waals surface area (Å²) in [5.74, 6) is -76.5. The normalized spacial score (nSPS) is 15.2. The lowest BCUT2D eigenvalue weighted by Crippen LogP contribution is -2.72. The molecule has 1 rings (SSSR count). The zero-order valence-corrected chi connectivity index (χ0v) is 19.2. The SMILES string of the molecule is FC(F)=C(c1c(F)c(F)c(F)c(F)c1OC(F)=C(F)C(F)(F)C(F)(F)C(F)(F)C(F)(F)C(F)(F)C(F)(F)C(F)(F)F)C(F)(F)F. The summed E-state index contributed by atoms with van der Waals surface area (Å²) >= 11 is 0. The Kier molecular flexibility index (Phi) is 9.87. The maximum absolute atomic E-state index is 13.9. The lowest BCUT2D eigenvalue weighted by atomic mass is 9.90. The number of ether oxygens (including phenoxy) is 1. The number of halogens is 26. The van der Waals surface area contributed by atoms with Crippen LogP contribution in [0.3, 0.4) is 0 Å². The van der Waals surface area contributed by atoms with Crippen LogP contribution >= 0.6 is 0 Å². The molecule has 1 nitrogen and oxygen atoms in total. The largest absolute Gasteiger partial charge is 0.460 e. The average Bonchev–Trinajstić information content (AvgIpc) is 2.84. The van der Waals surface area contributed by atoms with Crippen molar-refractivity contribution in [2.75, 3.05) is 0 Å². The first-order valence-corrected chi connectivity index (χ1v) is 9.57. The van der Waals surface area contributed by atoms with Crippen molar-refractivity contribution in [1.82, 2.24) is 0 Å². The van der Waals surface area contributed by atoms with Crippen LogP contribution in [0.25, 0.3) is 5.57 Å². The van der Waals surface area contributed by atoms with E-state index in [1.807, 2.05) is 0 Å². The van der Waals surface area contributed by atoms with Gasteiger partial charge in [0.25, 0.3) is 6.08 Å². The molecule has 0 saturated carbocycles. The van der Waals surface area contributed by atoms with Gasteiger partial charge in [0.1, 0.15) is 5.57 Å². The molecule has 0 atom stereocenters. The molecule has 1 aromatic rings. The maximum atomic E-state index is 13.9. The highest BCUT2D eigenvalue weighted by Gasteiger charge is 2.94. The first-order chi connectivity index (χ1) is 19.5. The van der Waals surface area contributed by atoms with Crippen molar-refractivity contribution >= 4 is 5.57 Å². The third kappa shape index (κ3) is 5.77. The molecular weight excluding hydrogens is 726 g/mol. The fourth-order valence-electron chi connectivity index (χ4n) is 2.64. The molecule has 0 radical (unpaired) electrons. The van der Waals surface area contributed by atoms with E-state index in [4.69, 9.17) is 0 Å². The molecule has 0 fully saturated rings. The van der Waals surface area contributed by atoms with Crippen LogP contribution in [0.2, 0.25) is 0 Å². The van der Waals surface area contributed by atoms with Crippen LogP contribution in [0.4, 0.5) is 114 Å². The van der Waals surface area contributed by atoms with Gasteiger partial charge in [-0.2, -0.15) is 101 Å². The van der Waals surface area contributed by atoms with E-state index in [9.17, 15) is 114 Å². The van der Waals surface area contributed by atoms with Crippen molar-refractivity contribution in [2.24, 2.45) is 0 Å². The zero-order valence-electron chi connectivity index (χ0n) is 19.2. The smallest absolute Gasteiger partial charge is 0.426 e. The second-order valence-electron chi connectivity index (χ2n) is 7.73. The van der Waals surface area contributed by atoms with E-state index in [1.165, 1.54) is 0 Å². The summed E-state index contributed by atoms with van der Waals surface area (Å²) in [6.07, 6.45) is -19.2. The number of hydrogen-bond acceptors (Lipinski definition) is 1. The van der Waals surface area contributed by atoms with Gasteiger partial charge in [0, 0.05) is 0 Å². The van der Waals surface area contributed by atoms with Crippen molar-refractivity contribution in [1.29, 1.82) is 0 Å². The van der Waals surface area contributed by atoms with E-state index in [0.717, 1.165) is 0 Å². The van der Waals surface area contributed by atoms with Gasteiger partial charge in [-0.15, -0.1) is 0 Å². The van der Waals surface area contributed by atoms with Crippen molar-refractivity contribution in [3.63, 3.8) is 0 Å². The molecule has 0 unspecified atom stereocenters. The molecule has 27 heteroatoms. The summed E-state index contributed by atoms with van der Waals surface area (Å²) in [7, 11) is 0. The van der Waals surface area contributed by atoms with Gasteiger partial charge in [-0.25, -0.2) is 13.2 Å². The van der Waals surface area contributed by atoms with Crippen LogP contribution in [0.1, 0.15) is 5.56 Å². The Bertz CT molecular complexity index is 1370. The summed E-state index contributed by atoms with van der Waals surface area (Å²) in [6, 6.07) is -4.78.